The van der Waals surface area contributed by atoms with E-state index in [1.165, 1.54) is 4.31 Å². The number of rotatable bonds is 9. The predicted molar refractivity (Wildman–Crippen MR) is 98.7 cm³/mol. The number of anilines is 1. The molecule has 0 saturated heterocycles. The van der Waals surface area contributed by atoms with Gasteiger partial charge in [0.2, 0.25) is 15.9 Å². The van der Waals surface area contributed by atoms with Crippen molar-refractivity contribution >= 4 is 21.6 Å². The maximum absolute atomic E-state index is 12.3. The van der Waals surface area contributed by atoms with Gasteiger partial charge >= 0.3 is 0 Å². The molecule has 1 aromatic carbocycles. The molecular weight excluding hydrogens is 326 g/mol. The molecule has 0 aromatic heterocycles. The number of nitrogens with one attached hydrogen (secondary N) is 1. The molecule has 0 radical (unpaired) electrons. The van der Waals surface area contributed by atoms with E-state index in [4.69, 9.17) is 0 Å². The predicted octanol–water partition coefficient (Wildman–Crippen LogP) is 1.96. The maximum Gasteiger partial charge on any atom is 0.239 e. The Balaban J connectivity index is 2.75. The lowest BCUT2D eigenvalue weighted by Crippen LogP contribution is -2.38. The fraction of sp³-hybridized carbons (Fsp3) is 0.588. The summed E-state index contributed by atoms with van der Waals surface area (Å²) in [6.07, 6.45) is 1.81. The van der Waals surface area contributed by atoms with Gasteiger partial charge in [-0.25, -0.2) is 8.42 Å². The molecule has 1 N–H and O–H groups in total. The van der Waals surface area contributed by atoms with Crippen LogP contribution in [0.3, 0.4) is 0 Å². The third kappa shape index (κ3) is 6.98. The fourth-order valence-electron chi connectivity index (χ4n) is 2.39. The number of para-hydroxylation sites is 1. The number of sulfonamides is 1. The molecule has 1 aromatic rings. The van der Waals surface area contributed by atoms with E-state index in [1.807, 2.05) is 43.3 Å². The molecule has 0 heterocycles. The fourth-order valence-corrected chi connectivity index (χ4v) is 3.20. The molecule has 0 fully saturated rings. The molecule has 7 heteroatoms. The standard InChI is InChI=1S/C17H29N3O3S/c1-14(2)15-9-6-7-10-16(15)18-17(21)13-20(24(5,22)23)12-8-11-19(3)4/h6-7,9-10,14H,8,11-13H2,1-5H3,(H,18,21). The summed E-state index contributed by atoms with van der Waals surface area (Å²) in [5, 5.41) is 2.84. The van der Waals surface area contributed by atoms with Gasteiger partial charge in [0.15, 0.2) is 0 Å². The van der Waals surface area contributed by atoms with Crippen LogP contribution in [0.2, 0.25) is 0 Å². The summed E-state index contributed by atoms with van der Waals surface area (Å²) in [5.74, 6) is -0.0500. The lowest BCUT2D eigenvalue weighted by atomic mass is 10.0. The van der Waals surface area contributed by atoms with Crippen LogP contribution in [0, 0.1) is 0 Å². The van der Waals surface area contributed by atoms with Gasteiger partial charge in [0, 0.05) is 12.2 Å². The zero-order chi connectivity index (χ0) is 18.3. The van der Waals surface area contributed by atoms with Crippen LogP contribution in [0.25, 0.3) is 0 Å². The summed E-state index contributed by atoms with van der Waals surface area (Å²) in [6, 6.07) is 7.58. The number of benzene rings is 1. The van der Waals surface area contributed by atoms with Gasteiger partial charge in [-0.3, -0.25) is 4.79 Å². The van der Waals surface area contributed by atoms with Crippen molar-refractivity contribution in [1.82, 2.24) is 9.21 Å². The topological polar surface area (TPSA) is 69.7 Å². The van der Waals surface area contributed by atoms with Crippen LogP contribution in [-0.4, -0.2) is 63.5 Å². The normalized spacial score (nSPS) is 12.2. The number of hydrogen-bond acceptors (Lipinski definition) is 4. The summed E-state index contributed by atoms with van der Waals surface area (Å²) in [5.41, 5.74) is 1.77. The van der Waals surface area contributed by atoms with E-state index >= 15 is 0 Å². The minimum atomic E-state index is -3.42. The lowest BCUT2D eigenvalue weighted by Gasteiger charge is -2.21. The smallest absolute Gasteiger partial charge is 0.239 e. The van der Waals surface area contributed by atoms with Gasteiger partial charge in [0.1, 0.15) is 0 Å². The Morgan fingerprint density at radius 3 is 2.33 bits per heavy atom. The van der Waals surface area contributed by atoms with Crippen molar-refractivity contribution in [1.29, 1.82) is 0 Å². The molecular formula is C17H29N3O3S. The molecule has 0 aliphatic rings. The molecule has 0 aliphatic heterocycles. The van der Waals surface area contributed by atoms with Crippen LogP contribution >= 0.6 is 0 Å². The first-order chi connectivity index (χ1) is 11.1. The van der Waals surface area contributed by atoms with Crippen molar-refractivity contribution in [2.45, 2.75) is 26.2 Å². The molecule has 0 atom stereocenters. The Hall–Kier alpha value is -1.44. The largest absolute Gasteiger partial charge is 0.325 e. The van der Waals surface area contributed by atoms with Crippen LogP contribution in [0.1, 0.15) is 31.7 Å². The number of hydrogen-bond donors (Lipinski definition) is 1. The number of carbonyl (C=O) groups excluding carboxylic acids is 1. The molecule has 24 heavy (non-hydrogen) atoms. The van der Waals surface area contributed by atoms with Gasteiger partial charge in [-0.1, -0.05) is 32.0 Å². The minimum Gasteiger partial charge on any atom is -0.325 e. The summed E-state index contributed by atoms with van der Waals surface area (Å²) in [6.45, 7) is 5.03. The van der Waals surface area contributed by atoms with Crippen molar-refractivity contribution in [3.05, 3.63) is 29.8 Å². The zero-order valence-corrected chi connectivity index (χ0v) is 16.1. The van der Waals surface area contributed by atoms with Crippen LogP contribution < -0.4 is 5.32 Å². The second-order valence-electron chi connectivity index (χ2n) is 6.54. The molecule has 136 valence electrons. The lowest BCUT2D eigenvalue weighted by molar-refractivity contribution is -0.116. The van der Waals surface area contributed by atoms with Gasteiger partial charge < -0.3 is 10.2 Å². The van der Waals surface area contributed by atoms with Crippen LogP contribution in [0.4, 0.5) is 5.69 Å². The first-order valence-electron chi connectivity index (χ1n) is 8.10. The van der Waals surface area contributed by atoms with Crippen molar-refractivity contribution in [2.24, 2.45) is 0 Å². The third-order valence-corrected chi connectivity index (χ3v) is 4.91. The van der Waals surface area contributed by atoms with E-state index in [-0.39, 0.29) is 18.4 Å². The van der Waals surface area contributed by atoms with E-state index < -0.39 is 10.0 Å². The highest BCUT2D eigenvalue weighted by Crippen LogP contribution is 2.23. The van der Waals surface area contributed by atoms with E-state index in [9.17, 15) is 13.2 Å². The Bertz CT molecular complexity index is 642. The first kappa shape index (κ1) is 20.6. The summed E-state index contributed by atoms with van der Waals surface area (Å²) in [7, 11) is 0.439. The number of nitrogens with zero attached hydrogens (tertiary/aromatic N) is 2. The van der Waals surface area contributed by atoms with Crippen molar-refractivity contribution < 1.29 is 13.2 Å². The monoisotopic (exact) mass is 355 g/mol. The highest BCUT2D eigenvalue weighted by Gasteiger charge is 2.20. The van der Waals surface area contributed by atoms with Crippen molar-refractivity contribution in [3.8, 4) is 0 Å². The summed E-state index contributed by atoms with van der Waals surface area (Å²) in [4.78, 5) is 14.3. The maximum atomic E-state index is 12.3. The van der Waals surface area contributed by atoms with Gasteiger partial charge in [0.05, 0.1) is 12.8 Å². The average molecular weight is 356 g/mol. The van der Waals surface area contributed by atoms with Crippen molar-refractivity contribution in [3.63, 3.8) is 0 Å². The molecule has 1 rings (SSSR count). The van der Waals surface area contributed by atoms with Crippen LogP contribution in [-0.2, 0) is 14.8 Å². The molecule has 1 amide bonds. The number of carbonyl (C=O) groups is 1. The second kappa shape index (κ2) is 9.15. The highest BCUT2D eigenvalue weighted by atomic mass is 32.2. The van der Waals surface area contributed by atoms with Gasteiger partial charge in [0.25, 0.3) is 0 Å². The van der Waals surface area contributed by atoms with E-state index in [1.54, 1.807) is 0 Å². The highest BCUT2D eigenvalue weighted by molar-refractivity contribution is 7.88. The van der Waals surface area contributed by atoms with Gasteiger partial charge in [-0.05, 0) is 44.6 Å². The average Bonchev–Trinajstić information content (AvgIpc) is 2.45. The zero-order valence-electron chi connectivity index (χ0n) is 15.2. The first-order valence-corrected chi connectivity index (χ1v) is 9.94. The van der Waals surface area contributed by atoms with E-state index in [2.05, 4.69) is 19.2 Å². The van der Waals surface area contributed by atoms with E-state index in [0.717, 1.165) is 24.1 Å². The summed E-state index contributed by atoms with van der Waals surface area (Å²) >= 11 is 0. The Labute approximate surface area is 145 Å². The van der Waals surface area contributed by atoms with Crippen molar-refractivity contribution in [2.75, 3.05) is 45.3 Å². The second-order valence-corrected chi connectivity index (χ2v) is 8.53. The molecule has 0 bridgehead atoms. The Morgan fingerprint density at radius 2 is 1.79 bits per heavy atom. The van der Waals surface area contributed by atoms with Gasteiger partial charge in [-0.2, -0.15) is 4.31 Å². The van der Waals surface area contributed by atoms with Crippen LogP contribution in [0.15, 0.2) is 24.3 Å². The molecule has 0 spiro atoms. The molecule has 0 aliphatic carbocycles. The van der Waals surface area contributed by atoms with Gasteiger partial charge in [-0.15, -0.1) is 0 Å². The molecule has 0 saturated carbocycles. The SMILES string of the molecule is CC(C)c1ccccc1NC(=O)CN(CCCN(C)C)S(C)(=O)=O. The van der Waals surface area contributed by atoms with E-state index in [0.29, 0.717) is 13.0 Å². The summed E-state index contributed by atoms with van der Waals surface area (Å²) < 4.78 is 25.0. The Kier molecular flexibility index (Phi) is 7.86. The quantitative estimate of drug-likeness (QED) is 0.735. The van der Waals surface area contributed by atoms with Crippen LogP contribution in [0.5, 0.6) is 0 Å². The minimum absolute atomic E-state index is 0.168. The third-order valence-electron chi connectivity index (χ3n) is 3.66. The number of amides is 1. The Morgan fingerprint density at radius 1 is 1.17 bits per heavy atom. The molecule has 6 nitrogen and oxygen atoms in total. The molecule has 0 unspecified atom stereocenters.